The van der Waals surface area contributed by atoms with Crippen LogP contribution in [-0.4, -0.2) is 17.9 Å². The number of rotatable bonds is 3. The number of benzene rings is 1. The van der Waals surface area contributed by atoms with Crippen LogP contribution in [0.5, 0.6) is 0 Å². The molecule has 3 nitrogen and oxygen atoms in total. The van der Waals surface area contributed by atoms with Gasteiger partial charge in [-0.3, -0.25) is 4.79 Å². The smallest absolute Gasteiger partial charge is 0.242 e. The second kappa shape index (κ2) is 5.18. The highest BCUT2D eigenvalue weighted by Gasteiger charge is 2.30. The minimum atomic E-state index is -1.04. The summed E-state index contributed by atoms with van der Waals surface area (Å²) in [5.41, 5.74) is 0.357. The van der Waals surface area contributed by atoms with E-state index in [0.717, 1.165) is 5.56 Å². The SMILES string of the molecule is Cc1cc(CN(C)C(=O)C(C)(C)C#N)ccc1F. The molecule has 18 heavy (non-hydrogen) atoms. The molecule has 0 radical (unpaired) electrons. The van der Waals surface area contributed by atoms with Gasteiger partial charge in [-0.05, 0) is 38.0 Å². The summed E-state index contributed by atoms with van der Waals surface area (Å²) in [7, 11) is 1.64. The van der Waals surface area contributed by atoms with Gasteiger partial charge in [0.25, 0.3) is 0 Å². The molecule has 0 aliphatic heterocycles. The number of amides is 1. The minimum Gasteiger partial charge on any atom is -0.340 e. The molecule has 0 saturated carbocycles. The highest BCUT2D eigenvalue weighted by atomic mass is 19.1. The average Bonchev–Trinajstić information content (AvgIpc) is 2.32. The molecule has 0 spiro atoms. The molecule has 1 rings (SSSR count). The third-order valence-corrected chi connectivity index (χ3v) is 2.80. The molecule has 1 aromatic rings. The molecule has 1 aromatic carbocycles. The summed E-state index contributed by atoms with van der Waals surface area (Å²) in [6.07, 6.45) is 0. The maximum absolute atomic E-state index is 13.1. The largest absolute Gasteiger partial charge is 0.340 e. The van der Waals surface area contributed by atoms with Crippen LogP contribution >= 0.6 is 0 Å². The Labute approximate surface area is 107 Å². The van der Waals surface area contributed by atoms with Gasteiger partial charge in [0, 0.05) is 13.6 Å². The van der Waals surface area contributed by atoms with Crippen LogP contribution in [0.25, 0.3) is 0 Å². The molecule has 0 fully saturated rings. The number of aryl methyl sites for hydroxylation is 1. The van der Waals surface area contributed by atoms with Gasteiger partial charge in [0.15, 0.2) is 0 Å². The molecular formula is C14H17FN2O. The van der Waals surface area contributed by atoms with Crippen molar-refractivity contribution in [2.24, 2.45) is 5.41 Å². The maximum atomic E-state index is 13.1. The van der Waals surface area contributed by atoms with Gasteiger partial charge in [-0.1, -0.05) is 12.1 Å². The predicted octanol–water partition coefficient (Wildman–Crippen LogP) is 2.64. The number of carbonyl (C=O) groups is 1. The number of hydrogen-bond acceptors (Lipinski definition) is 2. The maximum Gasteiger partial charge on any atom is 0.242 e. The Bertz CT molecular complexity index is 503. The lowest BCUT2D eigenvalue weighted by Crippen LogP contribution is -2.37. The Balaban J connectivity index is 2.82. The summed E-state index contributed by atoms with van der Waals surface area (Å²) < 4.78 is 13.1. The fourth-order valence-corrected chi connectivity index (χ4v) is 1.68. The summed E-state index contributed by atoms with van der Waals surface area (Å²) in [6, 6.07) is 6.72. The van der Waals surface area contributed by atoms with E-state index in [2.05, 4.69) is 0 Å². The van der Waals surface area contributed by atoms with E-state index in [0.29, 0.717) is 12.1 Å². The van der Waals surface area contributed by atoms with Crippen LogP contribution in [0, 0.1) is 29.5 Å². The van der Waals surface area contributed by atoms with Gasteiger partial charge in [0.1, 0.15) is 11.2 Å². The van der Waals surface area contributed by atoms with Crippen LogP contribution in [0.1, 0.15) is 25.0 Å². The van der Waals surface area contributed by atoms with Crippen LogP contribution in [0.2, 0.25) is 0 Å². The standard InChI is InChI=1S/C14H17FN2O/c1-10-7-11(5-6-12(10)15)8-17(4)13(18)14(2,3)9-16/h5-7H,8H2,1-4H3. The zero-order chi connectivity index (χ0) is 13.9. The summed E-state index contributed by atoms with van der Waals surface area (Å²) >= 11 is 0. The van der Waals surface area contributed by atoms with E-state index in [4.69, 9.17) is 5.26 Å². The second-order valence-electron chi connectivity index (χ2n) is 4.98. The first-order chi connectivity index (χ1) is 8.27. The van der Waals surface area contributed by atoms with Crippen LogP contribution in [0.4, 0.5) is 4.39 Å². The van der Waals surface area contributed by atoms with Crippen molar-refractivity contribution in [1.29, 1.82) is 5.26 Å². The van der Waals surface area contributed by atoms with Crippen LogP contribution < -0.4 is 0 Å². The van der Waals surface area contributed by atoms with E-state index in [9.17, 15) is 9.18 Å². The Morgan fingerprint density at radius 1 is 1.50 bits per heavy atom. The molecule has 1 amide bonds. The zero-order valence-electron chi connectivity index (χ0n) is 11.1. The molecule has 0 N–H and O–H groups in total. The Hall–Kier alpha value is -1.89. The lowest BCUT2D eigenvalue weighted by Gasteiger charge is -2.24. The van der Waals surface area contributed by atoms with Crippen molar-refractivity contribution in [2.45, 2.75) is 27.3 Å². The monoisotopic (exact) mass is 248 g/mol. The summed E-state index contributed by atoms with van der Waals surface area (Å²) in [5, 5.41) is 8.91. The summed E-state index contributed by atoms with van der Waals surface area (Å²) in [5.74, 6) is -0.503. The lowest BCUT2D eigenvalue weighted by molar-refractivity contribution is -0.136. The molecule has 0 unspecified atom stereocenters. The molecule has 0 bridgehead atoms. The highest BCUT2D eigenvalue weighted by Crippen LogP contribution is 2.18. The first kappa shape index (κ1) is 14.2. The van der Waals surface area contributed by atoms with E-state index in [1.165, 1.54) is 11.0 Å². The van der Waals surface area contributed by atoms with E-state index < -0.39 is 5.41 Å². The molecule has 0 saturated heterocycles. The van der Waals surface area contributed by atoms with Crippen molar-refractivity contribution < 1.29 is 9.18 Å². The number of nitrogens with zero attached hydrogens (tertiary/aromatic N) is 2. The van der Waals surface area contributed by atoms with E-state index in [-0.39, 0.29) is 11.7 Å². The van der Waals surface area contributed by atoms with Crippen LogP contribution in [0.15, 0.2) is 18.2 Å². The Kier molecular flexibility index (Phi) is 4.07. The van der Waals surface area contributed by atoms with Gasteiger partial charge >= 0.3 is 0 Å². The van der Waals surface area contributed by atoms with Gasteiger partial charge in [0.05, 0.1) is 6.07 Å². The molecule has 0 aromatic heterocycles. The number of halogens is 1. The van der Waals surface area contributed by atoms with Gasteiger partial charge in [0.2, 0.25) is 5.91 Å². The quantitative estimate of drug-likeness (QED) is 0.825. The van der Waals surface area contributed by atoms with Crippen LogP contribution in [-0.2, 0) is 11.3 Å². The van der Waals surface area contributed by atoms with E-state index in [1.807, 2.05) is 6.07 Å². The number of hydrogen-bond donors (Lipinski definition) is 0. The molecule has 96 valence electrons. The van der Waals surface area contributed by atoms with Gasteiger partial charge in [-0.25, -0.2) is 4.39 Å². The highest BCUT2D eigenvalue weighted by molar-refractivity contribution is 5.84. The van der Waals surface area contributed by atoms with E-state index >= 15 is 0 Å². The average molecular weight is 248 g/mol. The number of carbonyl (C=O) groups excluding carboxylic acids is 1. The van der Waals surface area contributed by atoms with Crippen LogP contribution in [0.3, 0.4) is 0 Å². The van der Waals surface area contributed by atoms with Crippen molar-refractivity contribution in [3.05, 3.63) is 35.1 Å². The van der Waals surface area contributed by atoms with Crippen molar-refractivity contribution >= 4 is 5.91 Å². The summed E-state index contributed by atoms with van der Waals surface area (Å²) in [6.45, 7) is 5.22. The van der Waals surface area contributed by atoms with Crippen molar-refractivity contribution in [3.63, 3.8) is 0 Å². The van der Waals surface area contributed by atoms with E-state index in [1.54, 1.807) is 40.0 Å². The van der Waals surface area contributed by atoms with Gasteiger partial charge in [-0.2, -0.15) is 5.26 Å². The fourth-order valence-electron chi connectivity index (χ4n) is 1.68. The predicted molar refractivity (Wildman–Crippen MR) is 67.0 cm³/mol. The Morgan fingerprint density at radius 3 is 2.61 bits per heavy atom. The fraction of sp³-hybridized carbons (Fsp3) is 0.429. The Morgan fingerprint density at radius 2 is 2.11 bits per heavy atom. The zero-order valence-corrected chi connectivity index (χ0v) is 11.1. The van der Waals surface area contributed by atoms with Gasteiger partial charge in [-0.15, -0.1) is 0 Å². The molecule has 0 aliphatic rings. The third kappa shape index (κ3) is 3.07. The molecule has 0 atom stereocenters. The minimum absolute atomic E-state index is 0.244. The topological polar surface area (TPSA) is 44.1 Å². The van der Waals surface area contributed by atoms with Crippen molar-refractivity contribution in [1.82, 2.24) is 4.90 Å². The van der Waals surface area contributed by atoms with Crippen molar-refractivity contribution in [3.8, 4) is 6.07 Å². The summed E-state index contributed by atoms with van der Waals surface area (Å²) in [4.78, 5) is 13.5. The molecular weight excluding hydrogens is 231 g/mol. The number of nitriles is 1. The molecule has 0 aliphatic carbocycles. The first-order valence-electron chi connectivity index (χ1n) is 5.70. The first-order valence-corrected chi connectivity index (χ1v) is 5.70. The third-order valence-electron chi connectivity index (χ3n) is 2.80. The molecule has 4 heteroatoms. The second-order valence-corrected chi connectivity index (χ2v) is 4.98. The normalized spacial score (nSPS) is 10.9. The van der Waals surface area contributed by atoms with Gasteiger partial charge < -0.3 is 4.90 Å². The van der Waals surface area contributed by atoms with Crippen molar-refractivity contribution in [2.75, 3.05) is 7.05 Å². The molecule has 0 heterocycles. The lowest BCUT2D eigenvalue weighted by atomic mass is 9.94.